The Bertz CT molecular complexity index is 752. The number of methoxy groups -OCH3 is 1. The highest BCUT2D eigenvalue weighted by molar-refractivity contribution is 6.01. The zero-order valence-corrected chi connectivity index (χ0v) is 14.1. The van der Waals surface area contributed by atoms with Gasteiger partial charge in [-0.2, -0.15) is 0 Å². The number of hydrogen-bond acceptors (Lipinski definition) is 4. The normalized spacial score (nSPS) is 14.5. The number of piperidine rings is 1. The number of hydrogen-bond donors (Lipinski definition) is 1. The van der Waals surface area contributed by atoms with Gasteiger partial charge < -0.3 is 14.7 Å². The number of aromatic nitrogens is 1. The van der Waals surface area contributed by atoms with Crippen LogP contribution < -0.4 is 9.64 Å². The molecule has 1 aliphatic heterocycles. The topological polar surface area (TPSA) is 62.7 Å². The number of aryl methyl sites for hydroxylation is 1. The maximum atomic E-state index is 12.0. The summed E-state index contributed by atoms with van der Waals surface area (Å²) in [5, 5.41) is 9.86. The molecule has 1 N–H and O–H groups in total. The van der Waals surface area contributed by atoms with Gasteiger partial charge in [0.15, 0.2) is 0 Å². The van der Waals surface area contributed by atoms with Crippen molar-refractivity contribution < 1.29 is 14.6 Å². The summed E-state index contributed by atoms with van der Waals surface area (Å²) in [7, 11) is 1.61. The molecule has 24 heavy (non-hydrogen) atoms. The number of aromatic carboxylic acids is 1. The van der Waals surface area contributed by atoms with Crippen molar-refractivity contribution >= 4 is 11.8 Å². The molecule has 1 saturated heterocycles. The van der Waals surface area contributed by atoms with E-state index in [-0.39, 0.29) is 5.56 Å². The van der Waals surface area contributed by atoms with Crippen molar-refractivity contribution in [3.05, 3.63) is 41.6 Å². The van der Waals surface area contributed by atoms with E-state index in [1.807, 2.05) is 37.3 Å². The number of anilines is 1. The molecule has 0 unspecified atom stereocenters. The number of benzene rings is 1. The lowest BCUT2D eigenvalue weighted by molar-refractivity contribution is 0.0698. The minimum absolute atomic E-state index is 0.274. The second kappa shape index (κ2) is 6.91. The van der Waals surface area contributed by atoms with Crippen LogP contribution in [-0.2, 0) is 0 Å². The van der Waals surface area contributed by atoms with Gasteiger partial charge in [0, 0.05) is 24.3 Å². The predicted molar refractivity (Wildman–Crippen MR) is 94.0 cm³/mol. The smallest absolute Gasteiger partial charge is 0.340 e. The van der Waals surface area contributed by atoms with Crippen molar-refractivity contribution in [2.45, 2.75) is 26.2 Å². The van der Waals surface area contributed by atoms with E-state index >= 15 is 0 Å². The van der Waals surface area contributed by atoms with Gasteiger partial charge in [0.1, 0.15) is 17.1 Å². The first kappa shape index (κ1) is 16.3. The molecule has 2 aromatic rings. The van der Waals surface area contributed by atoms with Crippen molar-refractivity contribution in [3.8, 4) is 16.9 Å². The van der Waals surface area contributed by atoms with E-state index in [9.17, 15) is 9.90 Å². The molecule has 5 nitrogen and oxygen atoms in total. The quantitative estimate of drug-likeness (QED) is 0.927. The van der Waals surface area contributed by atoms with Crippen LogP contribution in [0.25, 0.3) is 11.1 Å². The maximum absolute atomic E-state index is 12.0. The van der Waals surface area contributed by atoms with Gasteiger partial charge in [-0.25, -0.2) is 9.78 Å². The van der Waals surface area contributed by atoms with E-state index in [0.717, 1.165) is 37.2 Å². The van der Waals surface area contributed by atoms with Crippen molar-refractivity contribution in [1.82, 2.24) is 4.98 Å². The molecule has 0 atom stereocenters. The number of pyridine rings is 1. The molecule has 126 valence electrons. The molecule has 5 heteroatoms. The highest BCUT2D eigenvalue weighted by Crippen LogP contribution is 2.33. The molecular formula is C19H22N2O3. The van der Waals surface area contributed by atoms with Crippen LogP contribution in [0.3, 0.4) is 0 Å². The lowest BCUT2D eigenvalue weighted by atomic mass is 9.98. The molecule has 1 aromatic heterocycles. The van der Waals surface area contributed by atoms with Gasteiger partial charge in [-0.3, -0.25) is 0 Å². The van der Waals surface area contributed by atoms with Gasteiger partial charge >= 0.3 is 5.97 Å². The fraction of sp³-hybridized carbons (Fsp3) is 0.368. The average Bonchev–Trinajstić information content (AvgIpc) is 2.61. The Labute approximate surface area is 141 Å². The monoisotopic (exact) mass is 326 g/mol. The SMILES string of the molecule is COc1cccc(-c2cc(C)nc(N3CCCCC3)c2C(=O)O)c1. The van der Waals surface area contributed by atoms with E-state index in [2.05, 4.69) is 9.88 Å². The van der Waals surface area contributed by atoms with Crippen molar-refractivity contribution in [2.24, 2.45) is 0 Å². The van der Waals surface area contributed by atoms with E-state index in [1.165, 1.54) is 6.42 Å². The molecular weight excluding hydrogens is 304 g/mol. The van der Waals surface area contributed by atoms with Crippen LogP contribution >= 0.6 is 0 Å². The Morgan fingerprint density at radius 3 is 2.62 bits per heavy atom. The van der Waals surface area contributed by atoms with E-state index in [4.69, 9.17) is 4.74 Å². The first-order chi connectivity index (χ1) is 11.6. The van der Waals surface area contributed by atoms with Gasteiger partial charge in [0.25, 0.3) is 0 Å². The first-order valence-electron chi connectivity index (χ1n) is 8.24. The van der Waals surface area contributed by atoms with Crippen LogP contribution in [0.1, 0.15) is 35.3 Å². The van der Waals surface area contributed by atoms with Crippen molar-refractivity contribution in [2.75, 3.05) is 25.1 Å². The molecule has 0 bridgehead atoms. The van der Waals surface area contributed by atoms with Gasteiger partial charge in [-0.15, -0.1) is 0 Å². The molecule has 2 heterocycles. The minimum atomic E-state index is -0.944. The van der Waals surface area contributed by atoms with Crippen LogP contribution in [-0.4, -0.2) is 36.3 Å². The third-order valence-corrected chi connectivity index (χ3v) is 4.38. The largest absolute Gasteiger partial charge is 0.497 e. The molecule has 0 aliphatic carbocycles. The van der Waals surface area contributed by atoms with Crippen molar-refractivity contribution in [3.63, 3.8) is 0 Å². The van der Waals surface area contributed by atoms with Crippen LogP contribution in [0.4, 0.5) is 5.82 Å². The molecule has 1 aromatic carbocycles. The summed E-state index contributed by atoms with van der Waals surface area (Å²) in [6.07, 6.45) is 3.33. The summed E-state index contributed by atoms with van der Waals surface area (Å²) in [5.74, 6) is 0.346. The molecule has 0 amide bonds. The summed E-state index contributed by atoms with van der Waals surface area (Å²) in [6, 6.07) is 9.33. The van der Waals surface area contributed by atoms with E-state index in [1.54, 1.807) is 7.11 Å². The van der Waals surface area contributed by atoms with Gasteiger partial charge in [-0.1, -0.05) is 12.1 Å². The summed E-state index contributed by atoms with van der Waals surface area (Å²) in [4.78, 5) is 18.7. The Hall–Kier alpha value is -2.56. The average molecular weight is 326 g/mol. The number of carboxylic acids is 1. The molecule has 0 spiro atoms. The van der Waals surface area contributed by atoms with Gasteiger partial charge in [-0.05, 0) is 49.9 Å². The number of rotatable bonds is 4. The number of nitrogens with zero attached hydrogens (tertiary/aromatic N) is 2. The predicted octanol–water partition coefficient (Wildman–Crippen LogP) is 3.75. The lowest BCUT2D eigenvalue weighted by Crippen LogP contribution is -2.32. The molecule has 1 fully saturated rings. The highest BCUT2D eigenvalue weighted by atomic mass is 16.5. The lowest BCUT2D eigenvalue weighted by Gasteiger charge is -2.29. The van der Waals surface area contributed by atoms with E-state index < -0.39 is 5.97 Å². The summed E-state index contributed by atoms with van der Waals surface area (Å²) in [5.41, 5.74) is 2.61. The van der Waals surface area contributed by atoms with E-state index in [0.29, 0.717) is 17.1 Å². The fourth-order valence-electron chi connectivity index (χ4n) is 3.22. The molecule has 0 saturated carbocycles. The van der Waals surface area contributed by atoms with Crippen LogP contribution in [0.2, 0.25) is 0 Å². The standard InChI is InChI=1S/C19H22N2O3/c1-13-11-16(14-7-6-8-15(12-14)24-2)17(19(22)23)18(20-13)21-9-4-3-5-10-21/h6-8,11-12H,3-5,9-10H2,1-2H3,(H,22,23). The van der Waals surface area contributed by atoms with Crippen molar-refractivity contribution in [1.29, 1.82) is 0 Å². The second-order valence-electron chi connectivity index (χ2n) is 6.09. The summed E-state index contributed by atoms with van der Waals surface area (Å²) >= 11 is 0. The van der Waals surface area contributed by atoms with Crippen LogP contribution in [0, 0.1) is 6.92 Å². The third-order valence-electron chi connectivity index (χ3n) is 4.38. The molecule has 0 radical (unpaired) electrons. The Morgan fingerprint density at radius 1 is 1.21 bits per heavy atom. The summed E-state index contributed by atoms with van der Waals surface area (Å²) < 4.78 is 5.28. The maximum Gasteiger partial charge on any atom is 0.340 e. The molecule has 3 rings (SSSR count). The van der Waals surface area contributed by atoms with Crippen LogP contribution in [0.5, 0.6) is 5.75 Å². The zero-order chi connectivity index (χ0) is 17.1. The highest BCUT2D eigenvalue weighted by Gasteiger charge is 2.24. The van der Waals surface area contributed by atoms with Gasteiger partial charge in [0.2, 0.25) is 0 Å². The molecule has 1 aliphatic rings. The zero-order valence-electron chi connectivity index (χ0n) is 14.1. The van der Waals surface area contributed by atoms with Crippen LogP contribution in [0.15, 0.2) is 30.3 Å². The number of carbonyl (C=O) groups is 1. The third kappa shape index (κ3) is 3.20. The first-order valence-corrected chi connectivity index (χ1v) is 8.24. The Morgan fingerprint density at radius 2 is 1.96 bits per heavy atom. The number of carboxylic acid groups (broad SMARTS) is 1. The summed E-state index contributed by atoms with van der Waals surface area (Å²) in [6.45, 7) is 3.62. The minimum Gasteiger partial charge on any atom is -0.497 e. The van der Waals surface area contributed by atoms with Gasteiger partial charge in [0.05, 0.1) is 7.11 Å². The second-order valence-corrected chi connectivity index (χ2v) is 6.09. The number of ether oxygens (including phenoxy) is 1. The Balaban J connectivity index is 2.17. The Kier molecular flexibility index (Phi) is 4.69. The fourth-order valence-corrected chi connectivity index (χ4v) is 3.22.